The second-order valence-corrected chi connectivity index (χ2v) is 4.70. The SMILES string of the molecule is CC(=O)Sc1cc(Br)c(F)cc1C. The Morgan fingerprint density at radius 1 is 1.54 bits per heavy atom. The predicted molar refractivity (Wildman–Crippen MR) is 55.4 cm³/mol. The number of carbonyl (C=O) groups excluding carboxylic acids is 1. The van der Waals surface area contributed by atoms with Crippen LogP contribution in [0.25, 0.3) is 0 Å². The Morgan fingerprint density at radius 2 is 2.15 bits per heavy atom. The lowest BCUT2D eigenvalue weighted by Gasteiger charge is -2.04. The van der Waals surface area contributed by atoms with E-state index in [-0.39, 0.29) is 10.9 Å². The molecule has 1 aromatic carbocycles. The van der Waals surface area contributed by atoms with E-state index in [4.69, 9.17) is 0 Å². The zero-order chi connectivity index (χ0) is 10.0. The second kappa shape index (κ2) is 4.24. The van der Waals surface area contributed by atoms with E-state index in [9.17, 15) is 9.18 Å². The molecule has 1 aromatic rings. The fourth-order valence-corrected chi connectivity index (χ4v) is 2.09. The molecule has 0 unspecified atom stereocenters. The van der Waals surface area contributed by atoms with Crippen molar-refractivity contribution in [3.05, 3.63) is 28.0 Å². The van der Waals surface area contributed by atoms with Gasteiger partial charge in [0.1, 0.15) is 5.82 Å². The van der Waals surface area contributed by atoms with Crippen LogP contribution >= 0.6 is 27.7 Å². The minimum absolute atomic E-state index is 0.00149. The van der Waals surface area contributed by atoms with Crippen molar-refractivity contribution in [2.75, 3.05) is 0 Å². The van der Waals surface area contributed by atoms with Crippen LogP contribution in [0.1, 0.15) is 12.5 Å². The normalized spacial score (nSPS) is 10.2. The first-order chi connectivity index (χ1) is 6.00. The maximum Gasteiger partial charge on any atom is 0.190 e. The van der Waals surface area contributed by atoms with Gasteiger partial charge in [-0.15, -0.1) is 0 Å². The summed E-state index contributed by atoms with van der Waals surface area (Å²) in [6, 6.07) is 3.03. The Balaban J connectivity index is 3.08. The van der Waals surface area contributed by atoms with Gasteiger partial charge in [0.05, 0.1) is 4.47 Å². The standard InChI is InChI=1S/C9H8BrFOS/c1-5-3-8(11)7(10)4-9(5)13-6(2)12/h3-4H,1-2H3. The minimum atomic E-state index is -0.301. The maximum atomic E-state index is 13.0. The first kappa shape index (κ1) is 10.7. The molecule has 0 heterocycles. The smallest absolute Gasteiger partial charge is 0.190 e. The molecule has 0 atom stereocenters. The summed E-state index contributed by atoms with van der Waals surface area (Å²) in [4.78, 5) is 11.6. The van der Waals surface area contributed by atoms with Crippen molar-refractivity contribution < 1.29 is 9.18 Å². The van der Waals surface area contributed by atoms with E-state index >= 15 is 0 Å². The van der Waals surface area contributed by atoms with Crippen molar-refractivity contribution in [1.29, 1.82) is 0 Å². The Bertz CT molecular complexity index is 352. The number of carbonyl (C=O) groups is 1. The highest BCUT2D eigenvalue weighted by Crippen LogP contribution is 2.28. The number of rotatable bonds is 1. The average Bonchev–Trinajstić information content (AvgIpc) is 1.99. The van der Waals surface area contributed by atoms with Gasteiger partial charge in [-0.2, -0.15) is 0 Å². The van der Waals surface area contributed by atoms with Crippen LogP contribution in [0.2, 0.25) is 0 Å². The first-order valence-corrected chi connectivity index (χ1v) is 5.25. The molecule has 4 heteroatoms. The molecular weight excluding hydrogens is 255 g/mol. The molecule has 1 nitrogen and oxygen atoms in total. The predicted octanol–water partition coefficient (Wildman–Crippen LogP) is 3.54. The van der Waals surface area contributed by atoms with Crippen LogP contribution in [0.5, 0.6) is 0 Å². The highest BCUT2D eigenvalue weighted by molar-refractivity contribution is 9.10. The topological polar surface area (TPSA) is 17.1 Å². The summed E-state index contributed by atoms with van der Waals surface area (Å²) in [7, 11) is 0. The number of hydrogen-bond donors (Lipinski definition) is 0. The molecule has 0 aliphatic heterocycles. The monoisotopic (exact) mass is 262 g/mol. The summed E-state index contributed by atoms with van der Waals surface area (Å²) >= 11 is 4.18. The van der Waals surface area contributed by atoms with Gasteiger partial charge in [-0.1, -0.05) is 11.8 Å². The van der Waals surface area contributed by atoms with Crippen LogP contribution < -0.4 is 0 Å². The lowest BCUT2D eigenvalue weighted by molar-refractivity contribution is -0.109. The Morgan fingerprint density at radius 3 is 2.69 bits per heavy atom. The third-order valence-corrected chi connectivity index (χ3v) is 3.03. The fourth-order valence-electron chi connectivity index (χ4n) is 0.893. The summed E-state index contributed by atoms with van der Waals surface area (Å²) in [6.45, 7) is 3.27. The van der Waals surface area contributed by atoms with Gasteiger partial charge in [-0.25, -0.2) is 4.39 Å². The van der Waals surface area contributed by atoms with Gasteiger partial charge < -0.3 is 0 Å². The number of benzene rings is 1. The molecule has 0 saturated heterocycles. The van der Waals surface area contributed by atoms with E-state index in [1.54, 1.807) is 13.0 Å². The molecule has 13 heavy (non-hydrogen) atoms. The molecule has 70 valence electrons. The average molecular weight is 263 g/mol. The van der Waals surface area contributed by atoms with Crippen LogP contribution in [-0.4, -0.2) is 5.12 Å². The zero-order valence-electron chi connectivity index (χ0n) is 7.23. The van der Waals surface area contributed by atoms with Crippen molar-refractivity contribution in [3.63, 3.8) is 0 Å². The van der Waals surface area contributed by atoms with E-state index < -0.39 is 0 Å². The largest absolute Gasteiger partial charge is 0.287 e. The van der Waals surface area contributed by atoms with Crippen molar-refractivity contribution >= 4 is 32.8 Å². The molecule has 0 amide bonds. The number of hydrogen-bond acceptors (Lipinski definition) is 2. The lowest BCUT2D eigenvalue weighted by atomic mass is 10.2. The van der Waals surface area contributed by atoms with Crippen LogP contribution in [0, 0.1) is 12.7 Å². The summed E-state index contributed by atoms with van der Waals surface area (Å²) in [5, 5.41) is 0.00149. The summed E-state index contributed by atoms with van der Waals surface area (Å²) in [5.41, 5.74) is 0.779. The van der Waals surface area contributed by atoms with Crippen molar-refractivity contribution in [3.8, 4) is 0 Å². The van der Waals surface area contributed by atoms with E-state index in [0.29, 0.717) is 4.47 Å². The molecule has 0 bridgehead atoms. The Kier molecular flexibility index (Phi) is 3.50. The van der Waals surface area contributed by atoms with Gasteiger partial charge in [0.15, 0.2) is 5.12 Å². The first-order valence-electron chi connectivity index (χ1n) is 3.65. The minimum Gasteiger partial charge on any atom is -0.287 e. The Labute approximate surface area is 88.8 Å². The molecule has 1 rings (SSSR count). The molecule has 0 fully saturated rings. The second-order valence-electron chi connectivity index (χ2n) is 2.63. The zero-order valence-corrected chi connectivity index (χ0v) is 9.63. The molecule has 0 aliphatic rings. The van der Waals surface area contributed by atoms with Gasteiger partial charge in [0.2, 0.25) is 0 Å². The number of aryl methyl sites for hydroxylation is 1. The van der Waals surface area contributed by atoms with E-state index in [0.717, 1.165) is 22.2 Å². The van der Waals surface area contributed by atoms with Crippen molar-refractivity contribution in [2.45, 2.75) is 18.7 Å². The maximum absolute atomic E-state index is 13.0. The summed E-state index contributed by atoms with van der Waals surface area (Å²) < 4.78 is 13.3. The number of halogens is 2. The van der Waals surface area contributed by atoms with Crippen molar-refractivity contribution in [1.82, 2.24) is 0 Å². The third-order valence-electron chi connectivity index (χ3n) is 1.47. The molecule has 0 aliphatic carbocycles. The van der Waals surface area contributed by atoms with Crippen LogP contribution in [-0.2, 0) is 4.79 Å². The highest BCUT2D eigenvalue weighted by atomic mass is 79.9. The molecule has 0 spiro atoms. The fraction of sp³-hybridized carbons (Fsp3) is 0.222. The summed E-state index contributed by atoms with van der Waals surface area (Å²) in [5.74, 6) is -0.301. The molecule has 0 saturated carbocycles. The molecule has 0 N–H and O–H groups in total. The van der Waals surface area contributed by atoms with Crippen LogP contribution in [0.4, 0.5) is 4.39 Å². The van der Waals surface area contributed by atoms with Crippen molar-refractivity contribution in [2.24, 2.45) is 0 Å². The van der Waals surface area contributed by atoms with Gasteiger partial charge >= 0.3 is 0 Å². The van der Waals surface area contributed by atoms with Gasteiger partial charge in [0, 0.05) is 11.8 Å². The Hall–Kier alpha value is -0.350. The van der Waals surface area contributed by atoms with Gasteiger partial charge in [-0.3, -0.25) is 4.79 Å². The lowest BCUT2D eigenvalue weighted by Crippen LogP contribution is -1.88. The molecule has 0 aromatic heterocycles. The quantitative estimate of drug-likeness (QED) is 0.721. The highest BCUT2D eigenvalue weighted by Gasteiger charge is 2.07. The van der Waals surface area contributed by atoms with Gasteiger partial charge in [-0.05, 0) is 40.5 Å². The third kappa shape index (κ3) is 2.81. The van der Waals surface area contributed by atoms with E-state index in [2.05, 4.69) is 15.9 Å². The van der Waals surface area contributed by atoms with Gasteiger partial charge in [0.25, 0.3) is 0 Å². The summed E-state index contributed by atoms with van der Waals surface area (Å²) in [6.07, 6.45) is 0. The van der Waals surface area contributed by atoms with E-state index in [1.807, 2.05) is 0 Å². The molecule has 0 radical (unpaired) electrons. The number of thioether (sulfide) groups is 1. The van der Waals surface area contributed by atoms with E-state index in [1.165, 1.54) is 13.0 Å². The molecular formula is C9H8BrFOS. The van der Waals surface area contributed by atoms with Crippen LogP contribution in [0.3, 0.4) is 0 Å². The van der Waals surface area contributed by atoms with Crippen LogP contribution in [0.15, 0.2) is 21.5 Å².